The number of rotatable bonds is 3. The van der Waals surface area contributed by atoms with Gasteiger partial charge in [0.05, 0.1) is 0 Å². The van der Waals surface area contributed by atoms with Crippen LogP contribution in [0.2, 0.25) is 0 Å². The van der Waals surface area contributed by atoms with Crippen LogP contribution in [0.5, 0.6) is 0 Å². The van der Waals surface area contributed by atoms with Crippen LogP contribution in [0.25, 0.3) is 0 Å². The highest BCUT2D eigenvalue weighted by molar-refractivity contribution is 6.52. The topological polar surface area (TPSA) is 40.5 Å². The SMILES string of the molecule is C=CC1CCC(C2CC=C(B(O)O)C(F)=C2F)CC1. The zero-order valence-electron chi connectivity index (χ0n) is 10.9. The van der Waals surface area contributed by atoms with E-state index in [-0.39, 0.29) is 11.4 Å². The minimum absolute atomic E-state index is 0.135. The molecule has 0 saturated heterocycles. The van der Waals surface area contributed by atoms with Gasteiger partial charge in [-0.3, -0.25) is 0 Å². The first-order chi connectivity index (χ1) is 9.04. The van der Waals surface area contributed by atoms with Crippen LogP contribution >= 0.6 is 0 Å². The van der Waals surface area contributed by atoms with Crippen LogP contribution in [0.15, 0.2) is 35.9 Å². The predicted molar refractivity (Wildman–Crippen MR) is 71.3 cm³/mol. The summed E-state index contributed by atoms with van der Waals surface area (Å²) in [7, 11) is -1.94. The summed E-state index contributed by atoms with van der Waals surface area (Å²) in [6.45, 7) is 3.77. The lowest BCUT2D eigenvalue weighted by Crippen LogP contribution is -2.26. The van der Waals surface area contributed by atoms with Crippen molar-refractivity contribution in [1.29, 1.82) is 0 Å². The highest BCUT2D eigenvalue weighted by Gasteiger charge is 2.36. The monoisotopic (exact) mass is 268 g/mol. The van der Waals surface area contributed by atoms with E-state index in [4.69, 9.17) is 10.0 Å². The zero-order chi connectivity index (χ0) is 14.0. The van der Waals surface area contributed by atoms with Gasteiger partial charge in [-0.2, -0.15) is 0 Å². The van der Waals surface area contributed by atoms with Crippen molar-refractivity contribution in [2.24, 2.45) is 17.8 Å². The smallest absolute Gasteiger partial charge is 0.423 e. The largest absolute Gasteiger partial charge is 0.491 e. The molecular weight excluding hydrogens is 249 g/mol. The Morgan fingerprint density at radius 1 is 1.21 bits per heavy atom. The molecular formula is C14H19BF2O2. The highest BCUT2D eigenvalue weighted by atomic mass is 19.2. The summed E-state index contributed by atoms with van der Waals surface area (Å²) in [5.74, 6) is -1.73. The zero-order valence-corrected chi connectivity index (χ0v) is 10.9. The van der Waals surface area contributed by atoms with Crippen LogP contribution in [-0.4, -0.2) is 17.2 Å². The van der Waals surface area contributed by atoms with Gasteiger partial charge in [0.1, 0.15) is 5.83 Å². The van der Waals surface area contributed by atoms with Gasteiger partial charge < -0.3 is 10.0 Å². The van der Waals surface area contributed by atoms with Gasteiger partial charge in [-0.15, -0.1) is 6.58 Å². The van der Waals surface area contributed by atoms with Gasteiger partial charge in [0.15, 0.2) is 5.83 Å². The molecule has 0 spiro atoms. The van der Waals surface area contributed by atoms with Crippen molar-refractivity contribution >= 4 is 7.12 Å². The molecule has 1 unspecified atom stereocenters. The molecule has 0 aromatic heterocycles. The molecule has 2 rings (SSSR count). The fraction of sp³-hybridized carbons (Fsp3) is 0.571. The van der Waals surface area contributed by atoms with Crippen LogP contribution in [0.1, 0.15) is 32.1 Å². The predicted octanol–water partition coefficient (Wildman–Crippen LogP) is 3.09. The van der Waals surface area contributed by atoms with Gasteiger partial charge in [-0.05, 0) is 43.9 Å². The molecule has 0 bridgehead atoms. The highest BCUT2D eigenvalue weighted by Crippen LogP contribution is 2.43. The van der Waals surface area contributed by atoms with Crippen LogP contribution in [0.3, 0.4) is 0 Å². The molecule has 0 heterocycles. The van der Waals surface area contributed by atoms with Gasteiger partial charge in [0.25, 0.3) is 0 Å². The van der Waals surface area contributed by atoms with Crippen molar-refractivity contribution in [2.45, 2.75) is 32.1 Å². The van der Waals surface area contributed by atoms with Gasteiger partial charge >= 0.3 is 7.12 Å². The number of allylic oxidation sites excluding steroid dienone is 5. The second kappa shape index (κ2) is 6.01. The first-order valence-corrected chi connectivity index (χ1v) is 6.78. The molecule has 0 aromatic carbocycles. The summed E-state index contributed by atoms with van der Waals surface area (Å²) in [6, 6.07) is 0. The molecule has 2 aliphatic rings. The maximum atomic E-state index is 14.0. The Hall–Kier alpha value is -0.935. The number of hydrogen-bond donors (Lipinski definition) is 2. The Balaban J connectivity index is 2.06. The summed E-state index contributed by atoms with van der Waals surface area (Å²) in [4.78, 5) is 0. The van der Waals surface area contributed by atoms with Gasteiger partial charge in [0, 0.05) is 11.4 Å². The van der Waals surface area contributed by atoms with E-state index in [1.165, 1.54) is 6.08 Å². The molecule has 1 atom stereocenters. The molecule has 2 aliphatic carbocycles. The van der Waals surface area contributed by atoms with Crippen LogP contribution in [-0.2, 0) is 0 Å². The van der Waals surface area contributed by atoms with E-state index < -0.39 is 24.7 Å². The van der Waals surface area contributed by atoms with Gasteiger partial charge in [-0.1, -0.05) is 12.2 Å². The second-order valence-electron chi connectivity index (χ2n) is 5.45. The van der Waals surface area contributed by atoms with E-state index in [0.29, 0.717) is 12.3 Å². The first-order valence-electron chi connectivity index (χ1n) is 6.78. The first kappa shape index (κ1) is 14.5. The molecule has 0 aliphatic heterocycles. The second-order valence-corrected chi connectivity index (χ2v) is 5.45. The van der Waals surface area contributed by atoms with Crippen molar-refractivity contribution < 1.29 is 18.8 Å². The van der Waals surface area contributed by atoms with Gasteiger partial charge in [0.2, 0.25) is 0 Å². The third-order valence-electron chi connectivity index (χ3n) is 4.38. The Kier molecular flexibility index (Phi) is 4.58. The third-order valence-corrected chi connectivity index (χ3v) is 4.38. The van der Waals surface area contributed by atoms with Crippen LogP contribution in [0.4, 0.5) is 8.78 Å². The molecule has 2 nitrogen and oxygen atoms in total. The van der Waals surface area contributed by atoms with E-state index in [2.05, 4.69) is 6.58 Å². The molecule has 2 N–H and O–H groups in total. The van der Waals surface area contributed by atoms with Crippen molar-refractivity contribution in [3.63, 3.8) is 0 Å². The molecule has 5 heteroatoms. The average Bonchev–Trinajstić information content (AvgIpc) is 2.41. The van der Waals surface area contributed by atoms with E-state index in [1.54, 1.807) is 0 Å². The van der Waals surface area contributed by atoms with E-state index >= 15 is 0 Å². The van der Waals surface area contributed by atoms with Crippen molar-refractivity contribution in [3.05, 3.63) is 35.9 Å². The molecule has 1 fully saturated rings. The fourth-order valence-electron chi connectivity index (χ4n) is 3.15. The van der Waals surface area contributed by atoms with Crippen LogP contribution in [0, 0.1) is 17.8 Å². The van der Waals surface area contributed by atoms with Crippen molar-refractivity contribution in [3.8, 4) is 0 Å². The molecule has 19 heavy (non-hydrogen) atoms. The Bertz CT molecular complexity index is 410. The van der Waals surface area contributed by atoms with E-state index in [9.17, 15) is 8.78 Å². The maximum absolute atomic E-state index is 14.0. The molecule has 0 amide bonds. The summed E-state index contributed by atoms with van der Waals surface area (Å²) in [5.41, 5.74) is -0.339. The summed E-state index contributed by atoms with van der Waals surface area (Å²) in [5, 5.41) is 17.9. The normalized spacial score (nSPS) is 32.0. The summed E-state index contributed by atoms with van der Waals surface area (Å²) < 4.78 is 27.8. The standard InChI is InChI=1S/C14H19BF2O2/c1-2-9-3-5-10(6-4-9)11-7-8-12(15(18)19)14(17)13(11)16/h2,8-11,18-19H,1,3-7H2. The summed E-state index contributed by atoms with van der Waals surface area (Å²) in [6.07, 6.45) is 7.37. The van der Waals surface area contributed by atoms with E-state index in [0.717, 1.165) is 25.7 Å². The molecule has 1 saturated carbocycles. The van der Waals surface area contributed by atoms with E-state index in [1.807, 2.05) is 6.08 Å². The lowest BCUT2D eigenvalue weighted by molar-refractivity contribution is 0.218. The number of halogens is 2. The quantitative estimate of drug-likeness (QED) is 0.610. The molecule has 0 aromatic rings. The summed E-state index contributed by atoms with van der Waals surface area (Å²) >= 11 is 0. The van der Waals surface area contributed by atoms with Gasteiger partial charge in [-0.25, -0.2) is 8.78 Å². The van der Waals surface area contributed by atoms with Crippen molar-refractivity contribution in [2.75, 3.05) is 0 Å². The minimum atomic E-state index is -1.94. The Morgan fingerprint density at radius 3 is 2.37 bits per heavy atom. The molecule has 0 radical (unpaired) electrons. The lowest BCUT2D eigenvalue weighted by Gasteiger charge is -2.33. The van der Waals surface area contributed by atoms with Crippen LogP contribution < -0.4 is 0 Å². The van der Waals surface area contributed by atoms with Crippen molar-refractivity contribution in [1.82, 2.24) is 0 Å². The Labute approximate surface area is 112 Å². The lowest BCUT2D eigenvalue weighted by atomic mass is 9.69. The average molecular weight is 268 g/mol. The third kappa shape index (κ3) is 2.98. The minimum Gasteiger partial charge on any atom is -0.423 e. The Morgan fingerprint density at radius 2 is 1.84 bits per heavy atom. The fourth-order valence-corrected chi connectivity index (χ4v) is 3.15. The molecule has 104 valence electrons. The maximum Gasteiger partial charge on any atom is 0.491 e. The number of hydrogen-bond acceptors (Lipinski definition) is 2.